The molecule has 3 rings (SSSR count). The predicted molar refractivity (Wildman–Crippen MR) is 92.8 cm³/mol. The van der Waals surface area contributed by atoms with Crippen LogP contribution in [0.3, 0.4) is 0 Å². The first-order chi connectivity index (χ1) is 11.0. The lowest BCUT2D eigenvalue weighted by atomic mass is 10.1. The lowest BCUT2D eigenvalue weighted by molar-refractivity contribution is 0.589. The first-order valence-electron chi connectivity index (χ1n) is 6.90. The number of anilines is 1. The van der Waals surface area contributed by atoms with Gasteiger partial charge in [0.15, 0.2) is 0 Å². The van der Waals surface area contributed by atoms with Gasteiger partial charge in [-0.25, -0.2) is 0 Å². The number of nitrogens with one attached hydrogen (secondary N) is 2. The Morgan fingerprint density at radius 2 is 1.74 bits per heavy atom. The molecule has 5 nitrogen and oxygen atoms in total. The summed E-state index contributed by atoms with van der Waals surface area (Å²) in [4.78, 5) is 0. The van der Waals surface area contributed by atoms with Crippen molar-refractivity contribution in [2.75, 3.05) is 5.32 Å². The number of amidine groups is 1. The Balaban J connectivity index is 1.83. The zero-order valence-electron chi connectivity index (χ0n) is 12.0. The molecule has 0 radical (unpaired) electrons. The van der Waals surface area contributed by atoms with Crippen molar-refractivity contribution in [2.24, 2.45) is 4.40 Å². The van der Waals surface area contributed by atoms with E-state index >= 15 is 0 Å². The summed E-state index contributed by atoms with van der Waals surface area (Å²) < 4.78 is 29.9. The van der Waals surface area contributed by atoms with Crippen LogP contribution in [-0.2, 0) is 16.6 Å². The number of nitrogens with zero attached hydrogens (tertiary/aromatic N) is 1. The monoisotopic (exact) mass is 347 g/mol. The molecule has 0 unspecified atom stereocenters. The van der Waals surface area contributed by atoms with E-state index in [1.807, 2.05) is 30.3 Å². The number of benzene rings is 2. The van der Waals surface area contributed by atoms with Crippen molar-refractivity contribution >= 4 is 33.3 Å². The van der Waals surface area contributed by atoms with Crippen molar-refractivity contribution in [1.29, 1.82) is 0 Å². The van der Waals surface area contributed by atoms with E-state index in [1.54, 1.807) is 30.3 Å². The lowest BCUT2D eigenvalue weighted by Crippen LogP contribution is -2.30. The van der Waals surface area contributed by atoms with Crippen LogP contribution in [0, 0.1) is 0 Å². The molecule has 1 aliphatic heterocycles. The summed E-state index contributed by atoms with van der Waals surface area (Å²) in [6.45, 7) is 0. The van der Waals surface area contributed by atoms with Gasteiger partial charge in [0.2, 0.25) is 0 Å². The van der Waals surface area contributed by atoms with Crippen molar-refractivity contribution in [3.63, 3.8) is 0 Å². The van der Waals surface area contributed by atoms with E-state index < -0.39 is 10.2 Å². The maximum atomic E-state index is 11.9. The van der Waals surface area contributed by atoms with Crippen LogP contribution in [-0.4, -0.2) is 14.3 Å². The first kappa shape index (κ1) is 15.6. The SMILES string of the molecule is O=S1(=O)N=C(Nc2ccc(Cl)cc2)C=C(Cc2ccccc2)N1. The predicted octanol–water partition coefficient (Wildman–Crippen LogP) is 3.13. The van der Waals surface area contributed by atoms with Gasteiger partial charge in [-0.05, 0) is 29.8 Å². The van der Waals surface area contributed by atoms with Gasteiger partial charge in [-0.3, -0.25) is 4.72 Å². The molecule has 0 amide bonds. The second-order valence-corrected chi connectivity index (χ2v) is 6.79. The van der Waals surface area contributed by atoms with Gasteiger partial charge in [-0.15, -0.1) is 4.40 Å². The van der Waals surface area contributed by atoms with E-state index in [0.29, 0.717) is 22.8 Å². The average molecular weight is 348 g/mol. The standard InChI is InChI=1S/C16H14ClN3O2S/c17-13-6-8-14(9-7-13)18-16-11-15(19-23(21,22)20-16)10-12-4-2-1-3-5-12/h1-9,11,19H,10H2,(H,18,20). The summed E-state index contributed by atoms with van der Waals surface area (Å²) >= 11 is 5.84. The number of halogens is 1. The molecule has 0 bridgehead atoms. The number of allylic oxidation sites excluding steroid dienone is 1. The third-order valence-electron chi connectivity index (χ3n) is 3.14. The summed E-state index contributed by atoms with van der Waals surface area (Å²) in [6, 6.07) is 16.6. The Labute approximate surface area is 139 Å². The third kappa shape index (κ3) is 4.34. The molecule has 0 spiro atoms. The largest absolute Gasteiger partial charge is 0.343 e. The Morgan fingerprint density at radius 3 is 2.43 bits per heavy atom. The van der Waals surface area contributed by atoms with Gasteiger partial charge >= 0.3 is 10.2 Å². The Hall–Kier alpha value is -2.31. The maximum Gasteiger partial charge on any atom is 0.343 e. The van der Waals surface area contributed by atoms with Crippen LogP contribution in [0.1, 0.15) is 5.56 Å². The van der Waals surface area contributed by atoms with Gasteiger partial charge in [0.25, 0.3) is 0 Å². The van der Waals surface area contributed by atoms with E-state index in [4.69, 9.17) is 11.6 Å². The van der Waals surface area contributed by atoms with Crippen LogP contribution >= 0.6 is 11.6 Å². The minimum Gasteiger partial charge on any atom is -0.339 e. The lowest BCUT2D eigenvalue weighted by Gasteiger charge is -2.16. The fraction of sp³-hybridized carbons (Fsp3) is 0.0625. The highest BCUT2D eigenvalue weighted by Gasteiger charge is 2.18. The van der Waals surface area contributed by atoms with Crippen molar-refractivity contribution in [3.05, 3.63) is 77.0 Å². The van der Waals surface area contributed by atoms with E-state index in [2.05, 4.69) is 14.4 Å². The van der Waals surface area contributed by atoms with Crippen LogP contribution in [0.25, 0.3) is 0 Å². The molecule has 1 heterocycles. The second-order valence-electron chi connectivity index (χ2n) is 5.02. The molecule has 118 valence electrons. The molecule has 2 N–H and O–H groups in total. The minimum absolute atomic E-state index is 0.261. The van der Waals surface area contributed by atoms with E-state index in [9.17, 15) is 8.42 Å². The van der Waals surface area contributed by atoms with Crippen LogP contribution < -0.4 is 10.0 Å². The second kappa shape index (κ2) is 6.44. The number of hydrogen-bond acceptors (Lipinski definition) is 3. The van der Waals surface area contributed by atoms with Crippen molar-refractivity contribution in [1.82, 2.24) is 4.72 Å². The molecule has 2 aromatic carbocycles. The van der Waals surface area contributed by atoms with Gasteiger partial charge in [0.1, 0.15) is 5.84 Å². The quantitative estimate of drug-likeness (QED) is 0.896. The zero-order chi connectivity index (χ0) is 16.3. The fourth-order valence-electron chi connectivity index (χ4n) is 2.18. The van der Waals surface area contributed by atoms with Gasteiger partial charge in [0.05, 0.1) is 0 Å². The van der Waals surface area contributed by atoms with Crippen molar-refractivity contribution in [2.45, 2.75) is 6.42 Å². The zero-order valence-corrected chi connectivity index (χ0v) is 13.6. The molecule has 0 atom stereocenters. The number of rotatable bonds is 3. The molecular formula is C16H14ClN3O2S. The van der Waals surface area contributed by atoms with Gasteiger partial charge in [0, 0.05) is 28.9 Å². The maximum absolute atomic E-state index is 11.9. The van der Waals surface area contributed by atoms with Crippen LogP contribution in [0.4, 0.5) is 5.69 Å². The van der Waals surface area contributed by atoms with E-state index in [1.165, 1.54) is 0 Å². The van der Waals surface area contributed by atoms with E-state index in [-0.39, 0.29) is 5.84 Å². The smallest absolute Gasteiger partial charge is 0.339 e. The fourth-order valence-corrected chi connectivity index (χ4v) is 3.17. The van der Waals surface area contributed by atoms with Crippen molar-refractivity contribution < 1.29 is 8.42 Å². The first-order valence-corrected chi connectivity index (χ1v) is 8.72. The third-order valence-corrected chi connectivity index (χ3v) is 4.35. The minimum atomic E-state index is -3.75. The molecule has 1 aliphatic rings. The van der Waals surface area contributed by atoms with Crippen LogP contribution in [0.2, 0.25) is 5.02 Å². The molecule has 2 aromatic rings. The highest BCUT2D eigenvalue weighted by Crippen LogP contribution is 2.16. The van der Waals surface area contributed by atoms with Crippen molar-refractivity contribution in [3.8, 4) is 0 Å². The molecule has 23 heavy (non-hydrogen) atoms. The number of hydrogen-bond donors (Lipinski definition) is 2. The van der Waals surface area contributed by atoms with E-state index in [0.717, 1.165) is 5.56 Å². The highest BCUT2D eigenvalue weighted by atomic mass is 35.5. The molecule has 0 aliphatic carbocycles. The summed E-state index contributed by atoms with van der Waals surface area (Å²) in [5.41, 5.74) is 2.28. The summed E-state index contributed by atoms with van der Waals surface area (Å²) in [6.07, 6.45) is 2.16. The summed E-state index contributed by atoms with van der Waals surface area (Å²) in [5, 5.41) is 3.58. The molecule has 0 saturated carbocycles. The van der Waals surface area contributed by atoms with Gasteiger partial charge in [-0.1, -0.05) is 41.9 Å². The van der Waals surface area contributed by atoms with Gasteiger partial charge < -0.3 is 5.32 Å². The highest BCUT2D eigenvalue weighted by molar-refractivity contribution is 7.88. The topological polar surface area (TPSA) is 70.6 Å². The normalized spacial score (nSPS) is 16.0. The molecule has 0 aromatic heterocycles. The Bertz CT molecular complexity index is 860. The molecule has 0 fully saturated rings. The van der Waals surface area contributed by atoms with Crippen LogP contribution in [0.15, 0.2) is 70.8 Å². The Kier molecular flexibility index (Phi) is 4.36. The molecule has 7 heteroatoms. The summed E-state index contributed by atoms with van der Waals surface area (Å²) in [7, 11) is -3.75. The molecular weight excluding hydrogens is 334 g/mol. The molecule has 0 saturated heterocycles. The van der Waals surface area contributed by atoms with Gasteiger partial charge in [-0.2, -0.15) is 8.42 Å². The average Bonchev–Trinajstić information content (AvgIpc) is 2.49. The Morgan fingerprint density at radius 1 is 1.04 bits per heavy atom. The summed E-state index contributed by atoms with van der Waals surface area (Å²) in [5.74, 6) is 0.261. The van der Waals surface area contributed by atoms with Crippen LogP contribution in [0.5, 0.6) is 0 Å².